The molecule has 3 heterocycles. The van der Waals surface area contributed by atoms with Crippen LogP contribution in [0.2, 0.25) is 0 Å². The van der Waals surface area contributed by atoms with E-state index in [9.17, 15) is 9.59 Å². The Labute approximate surface area is 159 Å². The molecule has 0 bridgehead atoms. The van der Waals surface area contributed by atoms with Gasteiger partial charge in [0.1, 0.15) is 19.4 Å². The minimum Gasteiger partial charge on any atom is -0.472 e. The van der Waals surface area contributed by atoms with Crippen LogP contribution in [0, 0.1) is 0 Å². The fourth-order valence-corrected chi connectivity index (χ4v) is 3.49. The van der Waals surface area contributed by atoms with Crippen LogP contribution < -0.4 is 10.2 Å². The fraction of sp³-hybridized carbons (Fsp3) is 0.684. The molecule has 0 saturated carbocycles. The molecule has 0 aromatic carbocycles. The van der Waals surface area contributed by atoms with Gasteiger partial charge in [0.25, 0.3) is 5.91 Å². The number of hydrogen-bond acceptors (Lipinski definition) is 5. The number of hydrogen-bond donors (Lipinski definition) is 2. The van der Waals surface area contributed by atoms with E-state index in [1.54, 1.807) is 11.0 Å². The molecule has 8 nitrogen and oxygen atoms in total. The van der Waals surface area contributed by atoms with Gasteiger partial charge in [-0.05, 0) is 18.9 Å². The number of carbonyl (C=O) groups excluding carboxylic acids is 2. The molecule has 2 N–H and O–H groups in total. The maximum atomic E-state index is 12.7. The highest BCUT2D eigenvalue weighted by molar-refractivity contribution is 5.94. The predicted molar refractivity (Wildman–Crippen MR) is 97.6 cm³/mol. The largest absolute Gasteiger partial charge is 0.472 e. The topological polar surface area (TPSA) is 85.5 Å². The number of quaternary nitrogens is 1. The summed E-state index contributed by atoms with van der Waals surface area (Å²) in [6.07, 6.45) is 5.23. The molecule has 2 saturated heterocycles. The Morgan fingerprint density at radius 3 is 2.81 bits per heavy atom. The molecule has 1 atom stereocenters. The number of amides is 2. The van der Waals surface area contributed by atoms with E-state index in [1.165, 1.54) is 17.4 Å². The van der Waals surface area contributed by atoms with Crippen molar-refractivity contribution >= 4 is 11.8 Å². The minimum absolute atomic E-state index is 0.0278. The van der Waals surface area contributed by atoms with E-state index in [1.807, 2.05) is 0 Å². The molecule has 3 rings (SSSR count). The van der Waals surface area contributed by atoms with E-state index >= 15 is 0 Å². The monoisotopic (exact) mass is 380 g/mol. The third kappa shape index (κ3) is 6.34. The van der Waals surface area contributed by atoms with Gasteiger partial charge in [0.2, 0.25) is 5.91 Å². The molecule has 2 aliphatic heterocycles. The Hall–Kier alpha value is -1.90. The molecule has 2 amide bonds. The van der Waals surface area contributed by atoms with Gasteiger partial charge in [-0.2, -0.15) is 0 Å². The first-order valence-electron chi connectivity index (χ1n) is 9.83. The molecule has 0 aliphatic carbocycles. The summed E-state index contributed by atoms with van der Waals surface area (Å²) in [7, 11) is 0. The maximum Gasteiger partial charge on any atom is 0.257 e. The molecular formula is C19H30N3O5+. The summed E-state index contributed by atoms with van der Waals surface area (Å²) in [6, 6.07) is 1.65. The van der Waals surface area contributed by atoms with Crippen LogP contribution in [-0.2, 0) is 14.3 Å². The van der Waals surface area contributed by atoms with Crippen molar-refractivity contribution in [2.45, 2.75) is 25.4 Å². The highest BCUT2D eigenvalue weighted by Crippen LogP contribution is 2.15. The predicted octanol–water partition coefficient (Wildman–Crippen LogP) is -0.678. The molecule has 0 unspecified atom stereocenters. The zero-order valence-corrected chi connectivity index (χ0v) is 15.8. The van der Waals surface area contributed by atoms with Crippen molar-refractivity contribution in [2.75, 3.05) is 59.1 Å². The van der Waals surface area contributed by atoms with Crippen molar-refractivity contribution in [3.8, 4) is 0 Å². The molecule has 0 radical (unpaired) electrons. The van der Waals surface area contributed by atoms with Crippen molar-refractivity contribution in [3.63, 3.8) is 0 Å². The van der Waals surface area contributed by atoms with Gasteiger partial charge in [0, 0.05) is 26.1 Å². The van der Waals surface area contributed by atoms with Crippen molar-refractivity contribution in [1.82, 2.24) is 10.2 Å². The lowest BCUT2D eigenvalue weighted by atomic mass is 10.2. The van der Waals surface area contributed by atoms with Crippen LogP contribution in [0.15, 0.2) is 23.0 Å². The van der Waals surface area contributed by atoms with Crippen LogP contribution in [0.1, 0.15) is 29.6 Å². The van der Waals surface area contributed by atoms with E-state index in [0.29, 0.717) is 25.2 Å². The van der Waals surface area contributed by atoms with Crippen LogP contribution in [0.25, 0.3) is 0 Å². The number of morpholine rings is 1. The van der Waals surface area contributed by atoms with Crippen LogP contribution in [0.4, 0.5) is 0 Å². The summed E-state index contributed by atoms with van der Waals surface area (Å²) in [5.41, 5.74) is 0.504. The minimum atomic E-state index is -0.121. The molecule has 8 heteroatoms. The Bertz CT molecular complexity index is 580. The van der Waals surface area contributed by atoms with E-state index in [2.05, 4.69) is 5.32 Å². The summed E-state index contributed by atoms with van der Waals surface area (Å²) in [4.78, 5) is 28.1. The lowest BCUT2D eigenvalue weighted by molar-refractivity contribution is -0.906. The van der Waals surface area contributed by atoms with Crippen LogP contribution >= 0.6 is 0 Å². The Balaban J connectivity index is 1.43. The second-order valence-corrected chi connectivity index (χ2v) is 7.11. The van der Waals surface area contributed by atoms with Gasteiger partial charge < -0.3 is 29.0 Å². The van der Waals surface area contributed by atoms with E-state index < -0.39 is 0 Å². The lowest BCUT2D eigenvalue weighted by Crippen LogP contribution is -3.14. The molecule has 2 fully saturated rings. The van der Waals surface area contributed by atoms with Crippen LogP contribution in [-0.4, -0.2) is 81.9 Å². The number of nitrogens with zero attached hydrogens (tertiary/aromatic N) is 1. The summed E-state index contributed by atoms with van der Waals surface area (Å²) < 4.78 is 16.0. The van der Waals surface area contributed by atoms with Gasteiger partial charge >= 0.3 is 0 Å². The Morgan fingerprint density at radius 1 is 1.26 bits per heavy atom. The summed E-state index contributed by atoms with van der Waals surface area (Å²) >= 11 is 0. The molecule has 0 spiro atoms. The first kappa shape index (κ1) is 19.9. The van der Waals surface area contributed by atoms with Crippen molar-refractivity contribution in [3.05, 3.63) is 24.2 Å². The second kappa shape index (κ2) is 10.4. The van der Waals surface area contributed by atoms with Gasteiger partial charge in [0.15, 0.2) is 0 Å². The Morgan fingerprint density at radius 2 is 2.11 bits per heavy atom. The lowest BCUT2D eigenvalue weighted by Gasteiger charge is -2.25. The smallest absolute Gasteiger partial charge is 0.257 e. The molecule has 27 heavy (non-hydrogen) atoms. The van der Waals surface area contributed by atoms with Crippen LogP contribution in [0.3, 0.4) is 0 Å². The number of ether oxygens (including phenoxy) is 2. The number of nitrogens with one attached hydrogen (secondary N) is 2. The Kier molecular flexibility index (Phi) is 7.67. The van der Waals surface area contributed by atoms with Crippen molar-refractivity contribution < 1.29 is 28.4 Å². The average molecular weight is 380 g/mol. The quantitative estimate of drug-likeness (QED) is 0.593. The molecule has 150 valence electrons. The third-order valence-corrected chi connectivity index (χ3v) is 5.11. The highest BCUT2D eigenvalue weighted by atomic mass is 16.5. The molecule has 2 aliphatic rings. The SMILES string of the molecule is O=C(CCN(C[C@@H]1CCCO1)C(=O)c1ccoc1)NCC[NH+]1CCOCC1. The normalized spacial score (nSPS) is 20.5. The zero-order valence-electron chi connectivity index (χ0n) is 15.8. The van der Waals surface area contributed by atoms with Gasteiger partial charge in [-0.1, -0.05) is 0 Å². The highest BCUT2D eigenvalue weighted by Gasteiger charge is 2.24. The average Bonchev–Trinajstić information content (AvgIpc) is 3.39. The van der Waals surface area contributed by atoms with Crippen molar-refractivity contribution in [1.29, 1.82) is 0 Å². The molecular weight excluding hydrogens is 350 g/mol. The summed E-state index contributed by atoms with van der Waals surface area (Å²) in [5, 5.41) is 2.96. The first-order chi connectivity index (χ1) is 13.2. The maximum absolute atomic E-state index is 12.7. The van der Waals surface area contributed by atoms with E-state index in [-0.39, 0.29) is 24.3 Å². The second-order valence-electron chi connectivity index (χ2n) is 7.11. The van der Waals surface area contributed by atoms with Crippen molar-refractivity contribution in [2.24, 2.45) is 0 Å². The zero-order chi connectivity index (χ0) is 18.9. The summed E-state index contributed by atoms with van der Waals surface area (Å²) in [5.74, 6) is -0.148. The molecule has 1 aromatic heterocycles. The first-order valence-corrected chi connectivity index (χ1v) is 9.83. The van der Waals surface area contributed by atoms with Gasteiger partial charge in [0.05, 0.1) is 44.2 Å². The summed E-state index contributed by atoms with van der Waals surface area (Å²) in [6.45, 7) is 6.74. The number of furan rings is 1. The number of rotatable bonds is 9. The van der Waals surface area contributed by atoms with Gasteiger partial charge in [-0.25, -0.2) is 0 Å². The molecule has 1 aromatic rings. The third-order valence-electron chi connectivity index (χ3n) is 5.11. The van der Waals surface area contributed by atoms with E-state index in [4.69, 9.17) is 13.9 Å². The number of carbonyl (C=O) groups is 2. The fourth-order valence-electron chi connectivity index (χ4n) is 3.49. The van der Waals surface area contributed by atoms with Crippen LogP contribution in [0.5, 0.6) is 0 Å². The van der Waals surface area contributed by atoms with Gasteiger partial charge in [-0.3, -0.25) is 9.59 Å². The van der Waals surface area contributed by atoms with E-state index in [0.717, 1.165) is 52.3 Å². The standard InChI is InChI=1S/C19H29N3O5/c23-18(20-5-7-21-8-12-25-13-9-21)3-6-22(14-17-2-1-10-27-17)19(24)16-4-11-26-15-16/h4,11,15,17H,1-3,5-10,12-14H2,(H,20,23)/p+1/t17-/m0/s1. The van der Waals surface area contributed by atoms with Gasteiger partial charge in [-0.15, -0.1) is 0 Å².